The van der Waals surface area contributed by atoms with E-state index in [4.69, 9.17) is 33.7 Å². The van der Waals surface area contributed by atoms with Crippen LogP contribution in [0, 0.1) is 11.3 Å². The molecule has 0 bridgehead atoms. The zero-order valence-electron chi connectivity index (χ0n) is 14.3. The number of nitrogens with one attached hydrogen (secondary N) is 1. The second kappa shape index (κ2) is 7.75. The molecule has 0 unspecified atom stereocenters. The van der Waals surface area contributed by atoms with Gasteiger partial charge >= 0.3 is 5.97 Å². The predicted molar refractivity (Wildman–Crippen MR) is 109 cm³/mol. The number of aromatic nitrogens is 1. The standard InChI is InChI=1S/C20H15Cl2N3O2/c1-2-27-20(26)19-15(18-16(22)8-13(21)9-17(18)25-19)7-12(10-23)11-4-3-5-14(24)6-11/h3-9,25H,2,24H2,1H3/b12-7+. The summed E-state index contributed by atoms with van der Waals surface area (Å²) in [6.45, 7) is 1.93. The summed E-state index contributed by atoms with van der Waals surface area (Å²) in [5.41, 5.74) is 8.55. The monoisotopic (exact) mass is 399 g/mol. The number of aromatic amines is 1. The Hall–Kier alpha value is -2.94. The number of hydrogen-bond donors (Lipinski definition) is 2. The van der Waals surface area contributed by atoms with Gasteiger partial charge in [-0.15, -0.1) is 0 Å². The topological polar surface area (TPSA) is 91.9 Å². The van der Waals surface area contributed by atoms with E-state index in [0.29, 0.717) is 43.3 Å². The molecule has 0 saturated carbocycles. The molecule has 0 aliphatic heterocycles. The van der Waals surface area contributed by atoms with Crippen LogP contribution in [-0.4, -0.2) is 17.6 Å². The van der Waals surface area contributed by atoms with Crippen molar-refractivity contribution < 1.29 is 9.53 Å². The first kappa shape index (κ1) is 18.8. The quantitative estimate of drug-likeness (QED) is 0.353. The van der Waals surface area contributed by atoms with Crippen LogP contribution in [-0.2, 0) is 4.74 Å². The minimum Gasteiger partial charge on any atom is -0.461 e. The van der Waals surface area contributed by atoms with Gasteiger partial charge in [0.2, 0.25) is 0 Å². The fraction of sp³-hybridized carbons (Fsp3) is 0.100. The Morgan fingerprint density at radius 3 is 2.78 bits per heavy atom. The summed E-state index contributed by atoms with van der Waals surface area (Å²) in [4.78, 5) is 15.4. The van der Waals surface area contributed by atoms with Gasteiger partial charge in [0, 0.05) is 27.2 Å². The van der Waals surface area contributed by atoms with Crippen LogP contribution in [0.2, 0.25) is 10.0 Å². The van der Waals surface area contributed by atoms with Crippen molar-refractivity contribution in [3.05, 3.63) is 63.3 Å². The molecule has 0 radical (unpaired) electrons. The maximum Gasteiger partial charge on any atom is 0.355 e. The van der Waals surface area contributed by atoms with E-state index in [2.05, 4.69) is 11.1 Å². The van der Waals surface area contributed by atoms with E-state index in [0.717, 1.165) is 0 Å². The molecule has 0 atom stereocenters. The van der Waals surface area contributed by atoms with Crippen LogP contribution in [0.25, 0.3) is 22.6 Å². The van der Waals surface area contributed by atoms with E-state index >= 15 is 0 Å². The molecule has 0 aliphatic carbocycles. The van der Waals surface area contributed by atoms with Crippen molar-refractivity contribution in [1.29, 1.82) is 5.26 Å². The molecule has 0 fully saturated rings. The maximum atomic E-state index is 12.4. The summed E-state index contributed by atoms with van der Waals surface area (Å²) in [5, 5.41) is 11.0. The lowest BCUT2D eigenvalue weighted by Crippen LogP contribution is -2.06. The SMILES string of the molecule is CCOC(=O)c1[nH]c2cc(Cl)cc(Cl)c2c1/C=C(\C#N)c1cccc(N)c1. The van der Waals surface area contributed by atoms with Crippen molar-refractivity contribution >= 4 is 57.4 Å². The zero-order chi connectivity index (χ0) is 19.6. The van der Waals surface area contributed by atoms with Crippen molar-refractivity contribution in [3.8, 4) is 6.07 Å². The number of H-pyrrole nitrogens is 1. The second-order valence-corrected chi connectivity index (χ2v) is 6.58. The third-order valence-corrected chi connectivity index (χ3v) is 4.46. The van der Waals surface area contributed by atoms with Crippen molar-refractivity contribution in [2.45, 2.75) is 6.92 Å². The van der Waals surface area contributed by atoms with Crippen LogP contribution in [0.5, 0.6) is 0 Å². The molecule has 0 amide bonds. The molecule has 136 valence electrons. The summed E-state index contributed by atoms with van der Waals surface area (Å²) < 4.78 is 5.13. The largest absolute Gasteiger partial charge is 0.461 e. The highest BCUT2D eigenvalue weighted by molar-refractivity contribution is 6.39. The lowest BCUT2D eigenvalue weighted by molar-refractivity contribution is 0.0520. The van der Waals surface area contributed by atoms with Gasteiger partial charge in [-0.1, -0.05) is 35.3 Å². The zero-order valence-corrected chi connectivity index (χ0v) is 15.9. The third-order valence-electron chi connectivity index (χ3n) is 3.94. The van der Waals surface area contributed by atoms with Gasteiger partial charge in [0.15, 0.2) is 0 Å². The van der Waals surface area contributed by atoms with Crippen LogP contribution < -0.4 is 5.73 Å². The lowest BCUT2D eigenvalue weighted by atomic mass is 10.0. The Balaban J connectivity index is 2.29. The van der Waals surface area contributed by atoms with E-state index < -0.39 is 5.97 Å². The first-order valence-corrected chi connectivity index (χ1v) is 8.85. The van der Waals surface area contributed by atoms with Crippen molar-refractivity contribution in [1.82, 2.24) is 4.98 Å². The lowest BCUT2D eigenvalue weighted by Gasteiger charge is -2.04. The maximum absolute atomic E-state index is 12.4. The molecular weight excluding hydrogens is 385 g/mol. The number of allylic oxidation sites excluding steroid dienone is 1. The number of nitrogens with two attached hydrogens (primary N) is 1. The molecular formula is C20H15Cl2N3O2. The number of benzene rings is 2. The first-order chi connectivity index (χ1) is 12.9. The van der Waals surface area contributed by atoms with E-state index in [-0.39, 0.29) is 12.3 Å². The van der Waals surface area contributed by atoms with Gasteiger partial charge in [-0.25, -0.2) is 4.79 Å². The molecule has 3 rings (SSSR count). The van der Waals surface area contributed by atoms with Gasteiger partial charge in [-0.05, 0) is 42.8 Å². The number of anilines is 1. The molecule has 0 spiro atoms. The molecule has 0 saturated heterocycles. The normalized spacial score (nSPS) is 11.4. The molecule has 7 heteroatoms. The van der Waals surface area contributed by atoms with E-state index in [1.807, 2.05) is 0 Å². The number of nitriles is 1. The minimum atomic E-state index is -0.544. The summed E-state index contributed by atoms with van der Waals surface area (Å²) in [7, 11) is 0. The Morgan fingerprint density at radius 1 is 1.33 bits per heavy atom. The summed E-state index contributed by atoms with van der Waals surface area (Å²) in [5.74, 6) is -0.544. The number of halogens is 2. The van der Waals surface area contributed by atoms with Gasteiger partial charge in [-0.2, -0.15) is 5.26 Å². The van der Waals surface area contributed by atoms with Crippen molar-refractivity contribution in [2.75, 3.05) is 12.3 Å². The number of hydrogen-bond acceptors (Lipinski definition) is 4. The Kier molecular flexibility index (Phi) is 5.41. The summed E-state index contributed by atoms with van der Waals surface area (Å²) in [6, 6.07) is 12.3. The van der Waals surface area contributed by atoms with Crippen molar-refractivity contribution in [2.24, 2.45) is 0 Å². The fourth-order valence-electron chi connectivity index (χ4n) is 2.81. The summed E-state index contributed by atoms with van der Waals surface area (Å²) in [6.07, 6.45) is 1.60. The van der Waals surface area contributed by atoms with Gasteiger partial charge in [0.05, 0.1) is 23.3 Å². The smallest absolute Gasteiger partial charge is 0.355 e. The average Bonchev–Trinajstić information content (AvgIpc) is 2.98. The number of rotatable bonds is 4. The van der Waals surface area contributed by atoms with E-state index in [9.17, 15) is 10.1 Å². The summed E-state index contributed by atoms with van der Waals surface area (Å²) >= 11 is 12.4. The number of ether oxygens (including phenoxy) is 1. The van der Waals surface area contributed by atoms with E-state index in [1.165, 1.54) is 0 Å². The van der Waals surface area contributed by atoms with E-state index in [1.54, 1.807) is 49.4 Å². The highest BCUT2D eigenvalue weighted by atomic mass is 35.5. The van der Waals surface area contributed by atoms with Crippen molar-refractivity contribution in [3.63, 3.8) is 0 Å². The molecule has 1 aromatic heterocycles. The Bertz CT molecular complexity index is 1110. The van der Waals surface area contributed by atoms with Gasteiger partial charge in [0.1, 0.15) is 5.69 Å². The second-order valence-electron chi connectivity index (χ2n) is 5.74. The number of esters is 1. The molecule has 27 heavy (non-hydrogen) atoms. The van der Waals surface area contributed by atoms with Crippen LogP contribution in [0.3, 0.4) is 0 Å². The van der Waals surface area contributed by atoms with Crippen LogP contribution >= 0.6 is 23.2 Å². The Labute approximate surface area is 165 Å². The van der Waals surface area contributed by atoms with Crippen LogP contribution in [0.15, 0.2) is 36.4 Å². The molecule has 3 N–H and O–H groups in total. The molecule has 5 nitrogen and oxygen atoms in total. The predicted octanol–water partition coefficient (Wildman–Crippen LogP) is 5.30. The highest BCUT2D eigenvalue weighted by Crippen LogP contribution is 2.35. The first-order valence-electron chi connectivity index (χ1n) is 8.10. The number of fused-ring (bicyclic) bond motifs is 1. The van der Waals surface area contributed by atoms with Crippen LogP contribution in [0.4, 0.5) is 5.69 Å². The number of carbonyl (C=O) groups excluding carboxylic acids is 1. The Morgan fingerprint density at radius 2 is 2.11 bits per heavy atom. The number of carbonyl (C=O) groups is 1. The van der Waals surface area contributed by atoms with Crippen LogP contribution in [0.1, 0.15) is 28.5 Å². The highest BCUT2D eigenvalue weighted by Gasteiger charge is 2.21. The molecule has 2 aromatic carbocycles. The minimum absolute atomic E-state index is 0.202. The number of nitrogens with zero attached hydrogens (tertiary/aromatic N) is 1. The van der Waals surface area contributed by atoms with Gasteiger partial charge in [-0.3, -0.25) is 0 Å². The fourth-order valence-corrected chi connectivity index (χ4v) is 3.41. The third kappa shape index (κ3) is 3.77. The molecule has 1 heterocycles. The van der Waals surface area contributed by atoms with Gasteiger partial charge < -0.3 is 15.5 Å². The average molecular weight is 400 g/mol. The molecule has 0 aliphatic rings. The van der Waals surface area contributed by atoms with Gasteiger partial charge in [0.25, 0.3) is 0 Å². The number of nitrogen functional groups attached to an aromatic ring is 1. The molecule has 3 aromatic rings.